The van der Waals surface area contributed by atoms with Crippen molar-refractivity contribution in [1.82, 2.24) is 0 Å². The normalized spacial score (nSPS) is 12.0. The van der Waals surface area contributed by atoms with E-state index in [0.29, 0.717) is 34.6 Å². The third-order valence-electron chi connectivity index (χ3n) is 5.46. The van der Waals surface area contributed by atoms with Crippen molar-refractivity contribution in [1.29, 1.82) is 0 Å². The molecule has 0 saturated heterocycles. The van der Waals surface area contributed by atoms with Gasteiger partial charge in [0.15, 0.2) is 17.3 Å². The molecule has 7 heteroatoms. The summed E-state index contributed by atoms with van der Waals surface area (Å²) in [5, 5.41) is 0. The van der Waals surface area contributed by atoms with Gasteiger partial charge in [-0.25, -0.2) is 0 Å². The summed E-state index contributed by atoms with van der Waals surface area (Å²) in [4.78, 5) is 37.7. The van der Waals surface area contributed by atoms with Crippen LogP contribution in [0.2, 0.25) is 0 Å². The number of ketones is 1. The first-order valence-corrected chi connectivity index (χ1v) is 12.4. The highest BCUT2D eigenvalue weighted by atomic mass is 16.6. The molecule has 0 heterocycles. The van der Waals surface area contributed by atoms with Crippen LogP contribution in [0.5, 0.6) is 23.0 Å². The molecule has 0 N–H and O–H groups in total. The molecule has 0 unspecified atom stereocenters. The molecule has 0 bridgehead atoms. The number of methoxy groups -OCH3 is 2. The first-order chi connectivity index (χ1) is 17.7. The van der Waals surface area contributed by atoms with Crippen molar-refractivity contribution in [3.63, 3.8) is 0 Å². The first kappa shape index (κ1) is 30.4. The third kappa shape index (κ3) is 7.81. The van der Waals surface area contributed by atoms with Crippen molar-refractivity contribution in [2.45, 2.75) is 54.9 Å². The topological polar surface area (TPSA) is 88.1 Å². The Morgan fingerprint density at radius 2 is 1.34 bits per heavy atom. The maximum absolute atomic E-state index is 12.9. The highest BCUT2D eigenvalue weighted by molar-refractivity contribution is 6.07. The second-order valence-corrected chi connectivity index (χ2v) is 10.8. The second-order valence-electron chi connectivity index (χ2n) is 10.8. The molecule has 0 aliphatic rings. The van der Waals surface area contributed by atoms with E-state index >= 15 is 0 Å². The highest BCUT2D eigenvalue weighted by Crippen LogP contribution is 2.44. The number of esters is 2. The molecule has 2 rings (SSSR count). The number of hydrogen-bond donors (Lipinski definition) is 0. The van der Waals surface area contributed by atoms with Crippen molar-refractivity contribution in [2.75, 3.05) is 14.2 Å². The van der Waals surface area contributed by atoms with Crippen LogP contribution in [0, 0.1) is 10.8 Å². The molecular weight excluding hydrogens is 484 g/mol. The molecule has 2 aromatic rings. The lowest BCUT2D eigenvalue weighted by atomic mass is 9.97. The Morgan fingerprint density at radius 1 is 0.789 bits per heavy atom. The van der Waals surface area contributed by atoms with Crippen LogP contribution in [0.1, 0.15) is 70.0 Å². The van der Waals surface area contributed by atoms with Gasteiger partial charge < -0.3 is 18.9 Å². The van der Waals surface area contributed by atoms with Gasteiger partial charge in [0.25, 0.3) is 0 Å². The van der Waals surface area contributed by atoms with Crippen LogP contribution in [0.3, 0.4) is 0 Å². The molecule has 2 aromatic carbocycles. The predicted molar refractivity (Wildman–Crippen MR) is 148 cm³/mol. The molecule has 0 aliphatic carbocycles. The number of rotatable bonds is 9. The largest absolute Gasteiger partial charge is 0.492 e. The highest BCUT2D eigenvalue weighted by Gasteiger charge is 2.28. The maximum atomic E-state index is 12.9. The molecule has 0 fully saturated rings. The summed E-state index contributed by atoms with van der Waals surface area (Å²) in [5.41, 5.74) is 0.359. The van der Waals surface area contributed by atoms with Crippen LogP contribution in [-0.2, 0) is 16.0 Å². The van der Waals surface area contributed by atoms with Crippen molar-refractivity contribution in [2.24, 2.45) is 10.8 Å². The zero-order valence-electron chi connectivity index (χ0n) is 23.8. The van der Waals surface area contributed by atoms with Gasteiger partial charge in [-0.1, -0.05) is 12.2 Å². The van der Waals surface area contributed by atoms with Gasteiger partial charge in [0.2, 0.25) is 5.75 Å². The zero-order chi connectivity index (χ0) is 28.7. The van der Waals surface area contributed by atoms with Crippen LogP contribution in [-0.4, -0.2) is 31.9 Å². The van der Waals surface area contributed by atoms with Gasteiger partial charge in [-0.2, -0.15) is 0 Å². The summed E-state index contributed by atoms with van der Waals surface area (Å²) in [6.07, 6.45) is 7.36. The monoisotopic (exact) mass is 522 g/mol. The van der Waals surface area contributed by atoms with E-state index in [0.717, 1.165) is 0 Å². The minimum absolute atomic E-state index is 0.252. The lowest BCUT2D eigenvalue weighted by molar-refractivity contribution is -0.143. The van der Waals surface area contributed by atoms with Crippen LogP contribution in [0.25, 0.3) is 6.08 Å². The van der Waals surface area contributed by atoms with Crippen LogP contribution in [0.4, 0.5) is 0 Å². The first-order valence-electron chi connectivity index (χ1n) is 12.4. The van der Waals surface area contributed by atoms with E-state index in [1.54, 1.807) is 71.9 Å². The Labute approximate surface area is 225 Å². The van der Waals surface area contributed by atoms with E-state index < -0.39 is 16.8 Å². The summed E-state index contributed by atoms with van der Waals surface area (Å²) < 4.78 is 22.4. The minimum atomic E-state index is -0.721. The Balaban J connectivity index is 2.43. The van der Waals surface area contributed by atoms with Gasteiger partial charge >= 0.3 is 11.9 Å². The number of ether oxygens (including phenoxy) is 4. The number of carbonyl (C=O) groups excluding carboxylic acids is 3. The Hall–Kier alpha value is -3.87. The Morgan fingerprint density at radius 3 is 1.84 bits per heavy atom. The fourth-order valence-electron chi connectivity index (χ4n) is 3.18. The summed E-state index contributed by atoms with van der Waals surface area (Å²) >= 11 is 0. The SMILES string of the molecule is CC=CCc1cc(C=CC(=O)c2ccc(OC(=O)C(C)(C)C)cc2)c(OC)c(OC)c1OC(=O)C(C)(C)C. The lowest BCUT2D eigenvalue weighted by Gasteiger charge is -2.22. The Bertz CT molecular complexity index is 1220. The molecule has 0 spiro atoms. The van der Waals surface area contributed by atoms with Gasteiger partial charge in [0, 0.05) is 16.7 Å². The van der Waals surface area contributed by atoms with E-state index in [1.807, 2.05) is 25.1 Å². The second kappa shape index (κ2) is 12.6. The standard InChI is InChI=1S/C31H38O7/c1-10-11-12-21-19-22(25(35-8)27(36-9)26(21)38-29(34)31(5,6)7)15-18-24(32)20-13-16-23(17-14-20)37-28(33)30(2,3)4/h10-11,13-19H,12H2,1-9H3. The average Bonchev–Trinajstić information content (AvgIpc) is 2.85. The predicted octanol–water partition coefficient (Wildman–Crippen LogP) is 6.62. The molecule has 0 saturated carbocycles. The van der Waals surface area contributed by atoms with Crippen LogP contribution >= 0.6 is 0 Å². The molecular formula is C31H38O7. The summed E-state index contributed by atoms with van der Waals surface area (Å²) in [6, 6.07) is 8.18. The summed E-state index contributed by atoms with van der Waals surface area (Å²) in [6.45, 7) is 12.5. The van der Waals surface area contributed by atoms with E-state index in [9.17, 15) is 14.4 Å². The number of allylic oxidation sites excluding steroid dienone is 3. The fraction of sp³-hybridized carbons (Fsp3) is 0.387. The molecule has 0 aliphatic heterocycles. The van der Waals surface area contributed by atoms with Crippen molar-refractivity contribution < 1.29 is 33.3 Å². The molecule has 0 atom stereocenters. The van der Waals surface area contributed by atoms with Crippen molar-refractivity contribution in [3.05, 3.63) is 65.3 Å². The number of benzene rings is 2. The maximum Gasteiger partial charge on any atom is 0.316 e. The van der Waals surface area contributed by atoms with Gasteiger partial charge in [0.05, 0.1) is 25.0 Å². The van der Waals surface area contributed by atoms with E-state index in [1.165, 1.54) is 20.3 Å². The lowest BCUT2D eigenvalue weighted by Crippen LogP contribution is -2.26. The molecule has 0 amide bonds. The fourth-order valence-corrected chi connectivity index (χ4v) is 3.18. The number of hydrogen-bond acceptors (Lipinski definition) is 7. The van der Waals surface area contributed by atoms with Crippen LogP contribution < -0.4 is 18.9 Å². The van der Waals surface area contributed by atoms with E-state index in [2.05, 4.69) is 0 Å². The molecule has 0 radical (unpaired) electrons. The summed E-state index contributed by atoms with van der Waals surface area (Å²) in [7, 11) is 2.95. The molecule has 0 aromatic heterocycles. The van der Waals surface area contributed by atoms with Gasteiger partial charge in [-0.3, -0.25) is 14.4 Å². The zero-order valence-corrected chi connectivity index (χ0v) is 23.8. The van der Waals surface area contributed by atoms with E-state index in [-0.39, 0.29) is 23.3 Å². The Kier molecular flexibility index (Phi) is 10.1. The minimum Gasteiger partial charge on any atom is -0.492 e. The van der Waals surface area contributed by atoms with Gasteiger partial charge in [-0.05, 0) is 97.4 Å². The quantitative estimate of drug-likeness (QED) is 0.120. The van der Waals surface area contributed by atoms with Gasteiger partial charge in [0.1, 0.15) is 5.75 Å². The molecule has 38 heavy (non-hydrogen) atoms. The number of carbonyl (C=O) groups is 3. The molecule has 204 valence electrons. The van der Waals surface area contributed by atoms with Crippen molar-refractivity contribution in [3.8, 4) is 23.0 Å². The third-order valence-corrected chi connectivity index (χ3v) is 5.46. The van der Waals surface area contributed by atoms with Crippen molar-refractivity contribution >= 4 is 23.8 Å². The summed E-state index contributed by atoms with van der Waals surface area (Å²) in [5.74, 6) is 0.235. The average molecular weight is 523 g/mol. The molecule has 7 nitrogen and oxygen atoms in total. The van der Waals surface area contributed by atoms with E-state index in [4.69, 9.17) is 18.9 Å². The smallest absolute Gasteiger partial charge is 0.316 e. The van der Waals surface area contributed by atoms with Crippen LogP contribution in [0.15, 0.2) is 48.6 Å². The van der Waals surface area contributed by atoms with Gasteiger partial charge in [-0.15, -0.1) is 0 Å².